The predicted octanol–water partition coefficient (Wildman–Crippen LogP) is 2.90. The molecule has 3 fully saturated rings. The molecule has 0 amide bonds. The number of ether oxygens (including phenoxy) is 2. The standard InChI is InChI=1S/C21H22F3N3O5/c1-31-18-15-10(17(28)14(32-19(29)30)7-27(15)13-6-11(13)22)5-12(23)16(18)26-8-20(24)3-2-4-21(20,25)9-26/h5,7,11,13H,2-4,6,8-9,25H2,1H3,(H,29,30)/t11-,13+,20-,21+/m0/s1. The van der Waals surface area contributed by atoms with E-state index in [1.807, 2.05) is 0 Å². The number of alkyl halides is 2. The molecule has 5 rings (SSSR count). The van der Waals surface area contributed by atoms with Gasteiger partial charge in [0.1, 0.15) is 17.5 Å². The van der Waals surface area contributed by atoms with E-state index < -0.39 is 46.6 Å². The summed E-state index contributed by atoms with van der Waals surface area (Å²) in [6.07, 6.45) is -0.368. The van der Waals surface area contributed by atoms with Gasteiger partial charge in [0.25, 0.3) is 0 Å². The van der Waals surface area contributed by atoms with Crippen LogP contribution in [0.4, 0.5) is 23.7 Å². The number of nitrogens with zero attached hydrogens (tertiary/aromatic N) is 2. The third kappa shape index (κ3) is 2.86. The Morgan fingerprint density at radius 3 is 2.66 bits per heavy atom. The lowest BCUT2D eigenvalue weighted by atomic mass is 9.89. The van der Waals surface area contributed by atoms with Gasteiger partial charge in [0.15, 0.2) is 17.3 Å². The van der Waals surface area contributed by atoms with E-state index in [0.29, 0.717) is 12.8 Å². The molecule has 2 saturated carbocycles. The maximum atomic E-state index is 15.5. The number of halogens is 3. The molecule has 1 aliphatic heterocycles. The Kier molecular flexibility index (Phi) is 4.43. The molecule has 3 N–H and O–H groups in total. The van der Waals surface area contributed by atoms with Gasteiger partial charge in [-0.25, -0.2) is 18.0 Å². The quantitative estimate of drug-likeness (QED) is 0.686. The molecule has 172 valence electrons. The van der Waals surface area contributed by atoms with E-state index >= 15 is 8.78 Å². The number of fused-ring (bicyclic) bond motifs is 2. The maximum absolute atomic E-state index is 15.5. The van der Waals surface area contributed by atoms with E-state index in [9.17, 15) is 14.0 Å². The first-order valence-electron chi connectivity index (χ1n) is 10.3. The Hall–Kier alpha value is -2.95. The minimum Gasteiger partial charge on any atom is -0.492 e. The molecule has 3 aliphatic rings. The van der Waals surface area contributed by atoms with Crippen molar-refractivity contribution in [3.63, 3.8) is 0 Å². The van der Waals surface area contributed by atoms with Crippen molar-refractivity contribution >= 4 is 22.7 Å². The summed E-state index contributed by atoms with van der Waals surface area (Å²) in [7, 11) is 1.27. The Morgan fingerprint density at radius 1 is 1.34 bits per heavy atom. The number of aromatic nitrogens is 1. The minimum absolute atomic E-state index is 0.0574. The maximum Gasteiger partial charge on any atom is 0.511 e. The second-order valence-corrected chi connectivity index (χ2v) is 8.88. The van der Waals surface area contributed by atoms with Crippen LogP contribution in [0, 0.1) is 5.82 Å². The number of benzene rings is 1. The van der Waals surface area contributed by atoms with E-state index in [1.165, 1.54) is 16.6 Å². The zero-order chi connectivity index (χ0) is 23.0. The van der Waals surface area contributed by atoms with Gasteiger partial charge < -0.3 is 29.8 Å². The van der Waals surface area contributed by atoms with Gasteiger partial charge >= 0.3 is 6.16 Å². The minimum atomic E-state index is -1.73. The molecule has 1 aromatic carbocycles. The average Bonchev–Trinajstić information content (AvgIpc) is 3.28. The Balaban J connectivity index is 1.74. The Morgan fingerprint density at radius 2 is 2.06 bits per heavy atom. The molecule has 0 spiro atoms. The molecular weight excluding hydrogens is 431 g/mol. The summed E-state index contributed by atoms with van der Waals surface area (Å²) in [6, 6.07) is 0.228. The van der Waals surface area contributed by atoms with Gasteiger partial charge in [-0.1, -0.05) is 0 Å². The van der Waals surface area contributed by atoms with Gasteiger partial charge in [0.2, 0.25) is 5.43 Å². The fourth-order valence-corrected chi connectivity index (χ4v) is 5.25. The Labute approximate surface area is 180 Å². The van der Waals surface area contributed by atoms with Crippen LogP contribution in [-0.2, 0) is 0 Å². The molecule has 0 unspecified atom stereocenters. The third-order valence-corrected chi connectivity index (χ3v) is 6.92. The molecule has 4 atom stereocenters. The Bertz CT molecular complexity index is 1190. The van der Waals surface area contributed by atoms with Crippen LogP contribution in [-0.4, -0.2) is 53.4 Å². The third-order valence-electron chi connectivity index (χ3n) is 6.92. The normalized spacial score (nSPS) is 31.1. The van der Waals surface area contributed by atoms with Crippen molar-refractivity contribution in [1.82, 2.24) is 4.57 Å². The summed E-state index contributed by atoms with van der Waals surface area (Å²) in [4.78, 5) is 25.3. The van der Waals surface area contributed by atoms with Crippen LogP contribution in [0.3, 0.4) is 0 Å². The van der Waals surface area contributed by atoms with Gasteiger partial charge in [-0.05, 0) is 25.3 Å². The van der Waals surface area contributed by atoms with E-state index in [-0.39, 0.29) is 48.3 Å². The molecule has 2 heterocycles. The first-order valence-corrected chi connectivity index (χ1v) is 10.3. The predicted molar refractivity (Wildman–Crippen MR) is 109 cm³/mol. The molecular formula is C21H22F3N3O5. The molecule has 0 radical (unpaired) electrons. The van der Waals surface area contributed by atoms with Crippen molar-refractivity contribution in [2.75, 3.05) is 25.1 Å². The van der Waals surface area contributed by atoms with Crippen LogP contribution in [0.5, 0.6) is 11.5 Å². The number of hydrogen-bond acceptors (Lipinski definition) is 6. The molecule has 1 aromatic heterocycles. The fourth-order valence-electron chi connectivity index (χ4n) is 5.25. The number of anilines is 1. The van der Waals surface area contributed by atoms with E-state index in [2.05, 4.69) is 4.74 Å². The second kappa shape index (κ2) is 6.77. The number of hydrogen-bond donors (Lipinski definition) is 2. The summed E-state index contributed by atoms with van der Waals surface area (Å²) in [5.41, 5.74) is 2.66. The highest BCUT2D eigenvalue weighted by atomic mass is 19.1. The van der Waals surface area contributed by atoms with Crippen LogP contribution in [0.15, 0.2) is 17.1 Å². The van der Waals surface area contributed by atoms with E-state index in [4.69, 9.17) is 15.6 Å². The summed E-state index contributed by atoms with van der Waals surface area (Å²) in [5.74, 6) is -1.49. The highest BCUT2D eigenvalue weighted by Crippen LogP contribution is 2.51. The van der Waals surface area contributed by atoms with Gasteiger partial charge in [-0.2, -0.15) is 0 Å². The van der Waals surface area contributed by atoms with Crippen LogP contribution >= 0.6 is 0 Å². The van der Waals surface area contributed by atoms with Gasteiger partial charge in [0, 0.05) is 13.0 Å². The van der Waals surface area contributed by atoms with Crippen LogP contribution < -0.4 is 25.5 Å². The topological polar surface area (TPSA) is 107 Å². The first kappa shape index (κ1) is 20.9. The average molecular weight is 453 g/mol. The number of rotatable bonds is 4. The first-order chi connectivity index (χ1) is 15.1. The largest absolute Gasteiger partial charge is 0.511 e. The molecule has 1 saturated heterocycles. The highest BCUT2D eigenvalue weighted by molar-refractivity contribution is 5.93. The van der Waals surface area contributed by atoms with Crippen LogP contribution in [0.25, 0.3) is 10.9 Å². The molecule has 11 heteroatoms. The zero-order valence-corrected chi connectivity index (χ0v) is 17.2. The number of nitrogens with two attached hydrogens (primary N) is 1. The van der Waals surface area contributed by atoms with Crippen LogP contribution in [0.1, 0.15) is 31.7 Å². The number of pyridine rings is 1. The number of carbonyl (C=O) groups is 1. The van der Waals surface area contributed by atoms with Crippen molar-refractivity contribution in [2.24, 2.45) is 5.73 Å². The van der Waals surface area contributed by atoms with Gasteiger partial charge in [-0.15, -0.1) is 0 Å². The lowest BCUT2D eigenvalue weighted by Gasteiger charge is -2.27. The second-order valence-electron chi connectivity index (χ2n) is 8.88. The highest BCUT2D eigenvalue weighted by Gasteiger charge is 2.60. The number of methoxy groups -OCH3 is 1. The SMILES string of the molecule is COc1c(N2C[C@]3(N)CCC[C@]3(F)C2)c(F)cc2c(=O)c(OC(=O)O)cn([C@@H]3C[C@@H]3F)c12. The summed E-state index contributed by atoms with van der Waals surface area (Å²) in [5, 5.41) is 8.71. The van der Waals surface area contributed by atoms with E-state index in [0.717, 1.165) is 12.3 Å². The van der Waals surface area contributed by atoms with E-state index in [1.54, 1.807) is 0 Å². The summed E-state index contributed by atoms with van der Waals surface area (Å²) < 4.78 is 56.3. The number of carboxylic acid groups (broad SMARTS) is 1. The monoisotopic (exact) mass is 453 g/mol. The molecule has 2 aromatic rings. The fraction of sp³-hybridized carbons (Fsp3) is 0.524. The van der Waals surface area contributed by atoms with Crippen molar-refractivity contribution < 1.29 is 32.5 Å². The van der Waals surface area contributed by atoms with Crippen molar-refractivity contribution in [3.8, 4) is 11.5 Å². The summed E-state index contributed by atoms with van der Waals surface area (Å²) >= 11 is 0. The molecule has 8 nitrogen and oxygen atoms in total. The molecule has 32 heavy (non-hydrogen) atoms. The lowest BCUT2D eigenvalue weighted by Crippen LogP contribution is -2.53. The smallest absolute Gasteiger partial charge is 0.492 e. The van der Waals surface area contributed by atoms with Crippen molar-refractivity contribution in [3.05, 3.63) is 28.3 Å². The molecule has 2 aliphatic carbocycles. The van der Waals surface area contributed by atoms with Crippen molar-refractivity contribution in [2.45, 2.75) is 49.1 Å². The van der Waals surface area contributed by atoms with Gasteiger partial charge in [0.05, 0.1) is 42.3 Å². The van der Waals surface area contributed by atoms with Crippen molar-refractivity contribution in [1.29, 1.82) is 0 Å². The van der Waals surface area contributed by atoms with Gasteiger partial charge in [-0.3, -0.25) is 4.79 Å². The van der Waals surface area contributed by atoms with Crippen LogP contribution in [0.2, 0.25) is 0 Å². The molecule has 0 bridgehead atoms. The summed E-state index contributed by atoms with van der Waals surface area (Å²) in [6.45, 7) is -0.0796. The zero-order valence-electron chi connectivity index (χ0n) is 17.2. The lowest BCUT2D eigenvalue weighted by molar-refractivity contribution is 0.134.